The number of piperidine rings is 1. The quantitative estimate of drug-likeness (QED) is 0.447. The molecule has 4 heterocycles. The van der Waals surface area contributed by atoms with Gasteiger partial charge in [-0.3, -0.25) is 9.48 Å². The van der Waals surface area contributed by atoms with E-state index >= 15 is 0 Å². The third-order valence-electron chi connectivity index (χ3n) is 8.84. The molecule has 6 rings (SSSR count). The van der Waals surface area contributed by atoms with Crippen LogP contribution >= 0.6 is 0 Å². The van der Waals surface area contributed by atoms with E-state index in [1.165, 1.54) is 0 Å². The molecule has 1 N–H and O–H groups in total. The van der Waals surface area contributed by atoms with Crippen LogP contribution in [0.3, 0.4) is 0 Å². The van der Waals surface area contributed by atoms with Gasteiger partial charge in [0.2, 0.25) is 5.91 Å². The minimum atomic E-state index is -2.64. The van der Waals surface area contributed by atoms with Crippen LogP contribution in [0.15, 0.2) is 36.7 Å². The van der Waals surface area contributed by atoms with Gasteiger partial charge < -0.3 is 20.0 Å². The molecule has 1 atom stereocenters. The molecular weight excluding hydrogens is 526 g/mol. The number of aryl methyl sites for hydroxylation is 2. The maximum Gasteiger partial charge on any atom is 0.317 e. The fourth-order valence-corrected chi connectivity index (χ4v) is 6.68. The van der Waals surface area contributed by atoms with Crippen LogP contribution in [0.4, 0.5) is 25.0 Å². The number of amides is 3. The highest BCUT2D eigenvalue weighted by Gasteiger charge is 2.33. The summed E-state index contributed by atoms with van der Waals surface area (Å²) in [5, 5.41) is 6.93. The standard InChI is InChI=1S/C31H36F2N6O2/c1-4-37-9-7-19(13-29(37)40)21-10-22-17-38(31(41)34-2)18-26(22)28(12-21)39-8-5-6-20-11-24(23-15-35-36(3)16-23)25(30(32)33)14-27(20)39/h10-12,14-16,19,30H,4-9,13,17-18H2,1-3H3,(H,34,41). The van der Waals surface area contributed by atoms with Crippen molar-refractivity contribution in [3.63, 3.8) is 0 Å². The smallest absolute Gasteiger partial charge is 0.317 e. The minimum Gasteiger partial charge on any atom is -0.343 e. The van der Waals surface area contributed by atoms with Gasteiger partial charge in [-0.25, -0.2) is 13.6 Å². The monoisotopic (exact) mass is 562 g/mol. The average Bonchev–Trinajstić information content (AvgIpc) is 3.61. The van der Waals surface area contributed by atoms with E-state index in [-0.39, 0.29) is 23.4 Å². The highest BCUT2D eigenvalue weighted by molar-refractivity contribution is 5.81. The maximum atomic E-state index is 14.5. The second-order valence-corrected chi connectivity index (χ2v) is 11.3. The summed E-state index contributed by atoms with van der Waals surface area (Å²) in [7, 11) is 3.40. The van der Waals surface area contributed by atoms with E-state index < -0.39 is 6.43 Å². The van der Waals surface area contributed by atoms with Gasteiger partial charge in [-0.1, -0.05) is 6.07 Å². The summed E-state index contributed by atoms with van der Waals surface area (Å²) >= 11 is 0. The Balaban J connectivity index is 1.45. The molecule has 1 unspecified atom stereocenters. The Labute approximate surface area is 238 Å². The number of hydrogen-bond acceptors (Lipinski definition) is 4. The Hall–Kier alpha value is -3.95. The fraction of sp³-hybridized carbons (Fsp3) is 0.452. The number of nitrogens with zero attached hydrogens (tertiary/aromatic N) is 5. The normalized spacial score (nSPS) is 18.6. The Morgan fingerprint density at radius 2 is 1.95 bits per heavy atom. The largest absolute Gasteiger partial charge is 0.343 e. The van der Waals surface area contributed by atoms with Gasteiger partial charge in [0.1, 0.15) is 0 Å². The van der Waals surface area contributed by atoms with Gasteiger partial charge in [0.25, 0.3) is 6.43 Å². The summed E-state index contributed by atoms with van der Waals surface area (Å²) in [5.74, 6) is 0.239. The molecule has 2 aromatic carbocycles. The van der Waals surface area contributed by atoms with Crippen molar-refractivity contribution in [1.82, 2.24) is 24.9 Å². The van der Waals surface area contributed by atoms with Crippen LogP contribution in [-0.2, 0) is 31.4 Å². The average molecular weight is 563 g/mol. The molecule has 0 aliphatic carbocycles. The lowest BCUT2D eigenvalue weighted by Gasteiger charge is -2.35. The molecule has 0 saturated carbocycles. The number of hydrogen-bond donors (Lipinski definition) is 1. The topological polar surface area (TPSA) is 73.7 Å². The minimum absolute atomic E-state index is 0.0130. The molecule has 3 aliphatic rings. The summed E-state index contributed by atoms with van der Waals surface area (Å²) < 4.78 is 30.6. The number of fused-ring (bicyclic) bond motifs is 2. The summed E-state index contributed by atoms with van der Waals surface area (Å²) in [4.78, 5) is 31.2. The Morgan fingerprint density at radius 3 is 2.63 bits per heavy atom. The van der Waals surface area contributed by atoms with E-state index in [0.717, 1.165) is 59.4 Å². The van der Waals surface area contributed by atoms with Gasteiger partial charge in [-0.05, 0) is 72.6 Å². The highest BCUT2D eigenvalue weighted by atomic mass is 19.3. The summed E-state index contributed by atoms with van der Waals surface area (Å²) in [6.07, 6.45) is 3.74. The zero-order valence-corrected chi connectivity index (χ0v) is 23.8. The number of carbonyl (C=O) groups excluding carboxylic acids is 2. The summed E-state index contributed by atoms with van der Waals surface area (Å²) in [5.41, 5.74) is 7.10. The maximum absolute atomic E-state index is 14.5. The molecule has 10 heteroatoms. The number of alkyl halides is 2. The Kier molecular flexibility index (Phi) is 7.17. The van der Waals surface area contributed by atoms with Crippen LogP contribution in [0, 0.1) is 0 Å². The Bertz CT molecular complexity index is 1500. The van der Waals surface area contributed by atoms with Gasteiger partial charge in [-0.2, -0.15) is 5.10 Å². The third kappa shape index (κ3) is 4.93. The fourth-order valence-electron chi connectivity index (χ4n) is 6.68. The SMILES string of the molecule is CCN1CCC(c2cc3c(c(N4CCCc5cc(-c6cnn(C)c6)c(C(F)F)cc54)c2)CN(C(=O)NC)C3)CC1=O. The second kappa shape index (κ2) is 10.8. The van der Waals surface area contributed by atoms with Crippen molar-refractivity contribution < 1.29 is 18.4 Å². The number of likely N-dealkylation sites (tertiary alicyclic amines) is 1. The van der Waals surface area contributed by atoms with Crippen LogP contribution in [-0.4, -0.2) is 58.2 Å². The predicted octanol–water partition coefficient (Wildman–Crippen LogP) is 5.49. The van der Waals surface area contributed by atoms with Crippen molar-refractivity contribution >= 4 is 23.3 Å². The van der Waals surface area contributed by atoms with E-state index in [1.54, 1.807) is 42.1 Å². The number of carbonyl (C=O) groups is 2. The molecule has 0 radical (unpaired) electrons. The number of aromatic nitrogens is 2. The lowest BCUT2D eigenvalue weighted by Crippen LogP contribution is -2.37. The van der Waals surface area contributed by atoms with E-state index in [1.807, 2.05) is 17.9 Å². The van der Waals surface area contributed by atoms with Crippen molar-refractivity contribution in [2.45, 2.75) is 58.0 Å². The first kappa shape index (κ1) is 27.2. The van der Waals surface area contributed by atoms with Gasteiger partial charge in [0.05, 0.1) is 12.7 Å². The molecule has 1 fully saturated rings. The molecule has 216 valence electrons. The lowest BCUT2D eigenvalue weighted by molar-refractivity contribution is -0.133. The van der Waals surface area contributed by atoms with Crippen LogP contribution in [0.25, 0.3) is 11.1 Å². The number of halogens is 2. The van der Waals surface area contributed by atoms with Crippen molar-refractivity contribution in [3.05, 3.63) is 64.5 Å². The zero-order valence-electron chi connectivity index (χ0n) is 23.8. The molecule has 1 saturated heterocycles. The number of nitrogens with one attached hydrogen (secondary N) is 1. The lowest BCUT2D eigenvalue weighted by atomic mass is 9.86. The first-order chi connectivity index (χ1) is 19.8. The zero-order chi connectivity index (χ0) is 28.8. The number of anilines is 2. The van der Waals surface area contributed by atoms with Crippen LogP contribution < -0.4 is 10.2 Å². The molecule has 1 aromatic heterocycles. The summed E-state index contributed by atoms with van der Waals surface area (Å²) in [6, 6.07) is 7.70. The Morgan fingerprint density at radius 1 is 1.12 bits per heavy atom. The number of benzene rings is 2. The highest BCUT2D eigenvalue weighted by Crippen LogP contribution is 2.45. The first-order valence-corrected chi connectivity index (χ1v) is 14.4. The van der Waals surface area contributed by atoms with Gasteiger partial charge in [0, 0.05) is 81.0 Å². The molecule has 3 aliphatic heterocycles. The molecule has 3 aromatic rings. The third-order valence-corrected chi connectivity index (χ3v) is 8.84. The van der Waals surface area contributed by atoms with E-state index in [4.69, 9.17) is 0 Å². The number of rotatable bonds is 5. The van der Waals surface area contributed by atoms with Crippen LogP contribution in [0.1, 0.15) is 66.3 Å². The molecule has 0 bridgehead atoms. The van der Waals surface area contributed by atoms with Crippen molar-refractivity contribution in [2.75, 3.05) is 31.6 Å². The molecule has 0 spiro atoms. The van der Waals surface area contributed by atoms with Gasteiger partial charge >= 0.3 is 6.03 Å². The molecule has 8 nitrogen and oxygen atoms in total. The van der Waals surface area contributed by atoms with E-state index in [9.17, 15) is 18.4 Å². The predicted molar refractivity (Wildman–Crippen MR) is 153 cm³/mol. The molecular formula is C31H36F2N6O2. The van der Waals surface area contributed by atoms with E-state index in [0.29, 0.717) is 43.7 Å². The summed E-state index contributed by atoms with van der Waals surface area (Å²) in [6.45, 7) is 5.03. The molecule has 3 amide bonds. The second-order valence-electron chi connectivity index (χ2n) is 11.3. The first-order valence-electron chi connectivity index (χ1n) is 14.4. The van der Waals surface area contributed by atoms with Crippen LogP contribution in [0.5, 0.6) is 0 Å². The van der Waals surface area contributed by atoms with Crippen molar-refractivity contribution in [3.8, 4) is 11.1 Å². The van der Waals surface area contributed by atoms with Crippen molar-refractivity contribution in [2.24, 2.45) is 7.05 Å². The van der Waals surface area contributed by atoms with Gasteiger partial charge in [0.15, 0.2) is 0 Å². The van der Waals surface area contributed by atoms with E-state index in [2.05, 4.69) is 27.4 Å². The van der Waals surface area contributed by atoms with Gasteiger partial charge in [-0.15, -0.1) is 0 Å². The van der Waals surface area contributed by atoms with Crippen molar-refractivity contribution in [1.29, 1.82) is 0 Å². The number of urea groups is 1. The molecule has 41 heavy (non-hydrogen) atoms. The van der Waals surface area contributed by atoms with Crippen LogP contribution in [0.2, 0.25) is 0 Å².